The summed E-state index contributed by atoms with van der Waals surface area (Å²) in [5.74, 6) is 0.605. The zero-order valence-corrected chi connectivity index (χ0v) is 10.4. The van der Waals surface area contributed by atoms with Gasteiger partial charge in [-0.25, -0.2) is 4.39 Å². The van der Waals surface area contributed by atoms with Gasteiger partial charge in [0.25, 0.3) is 0 Å². The molecule has 1 aromatic heterocycles. The number of fused-ring (bicyclic) bond motifs is 1. The molecule has 100 valence electrons. The summed E-state index contributed by atoms with van der Waals surface area (Å²) in [5, 5.41) is 4.00. The van der Waals surface area contributed by atoms with Crippen molar-refractivity contribution in [2.45, 2.75) is 0 Å². The zero-order chi connectivity index (χ0) is 13.6. The number of hydrogen-bond acceptors (Lipinski definition) is 5. The van der Waals surface area contributed by atoms with E-state index in [4.69, 9.17) is 19.9 Å². The number of hydrogen-bond donors (Lipinski definition) is 1. The highest BCUT2D eigenvalue weighted by molar-refractivity contribution is 5.82. The summed E-state index contributed by atoms with van der Waals surface area (Å²) < 4.78 is 31.5. The Morgan fingerprint density at radius 3 is 2.89 bits per heavy atom. The van der Waals surface area contributed by atoms with Crippen LogP contribution in [-0.4, -0.2) is 23.7 Å². The van der Waals surface area contributed by atoms with Gasteiger partial charge < -0.3 is 19.9 Å². The summed E-state index contributed by atoms with van der Waals surface area (Å²) in [6, 6.07) is 1.45. The molecule has 1 aromatic carbocycles. The van der Waals surface area contributed by atoms with Crippen molar-refractivity contribution in [3.05, 3.63) is 18.1 Å². The maximum absolute atomic E-state index is 14.4. The second-order valence-electron chi connectivity index (χ2n) is 4.07. The number of aromatic nitrogens is 2. The fourth-order valence-electron chi connectivity index (χ4n) is 2.03. The maximum atomic E-state index is 14.4. The number of methoxy groups -OCH3 is 1. The molecule has 19 heavy (non-hydrogen) atoms. The van der Waals surface area contributed by atoms with E-state index < -0.39 is 5.82 Å². The van der Waals surface area contributed by atoms with Crippen molar-refractivity contribution in [2.75, 3.05) is 19.6 Å². The highest BCUT2D eigenvalue weighted by atomic mass is 19.1. The number of ether oxygens (including phenoxy) is 3. The van der Waals surface area contributed by atoms with Crippen LogP contribution in [-0.2, 0) is 7.05 Å². The normalized spacial score (nSPS) is 12.8. The van der Waals surface area contributed by atoms with E-state index in [1.54, 1.807) is 7.05 Å². The van der Waals surface area contributed by atoms with Crippen molar-refractivity contribution < 1.29 is 18.6 Å². The highest BCUT2D eigenvalue weighted by Crippen LogP contribution is 2.47. The molecule has 6 nitrogen and oxygen atoms in total. The van der Waals surface area contributed by atoms with Gasteiger partial charge in [0.2, 0.25) is 6.79 Å². The van der Waals surface area contributed by atoms with E-state index in [-0.39, 0.29) is 18.1 Å². The van der Waals surface area contributed by atoms with Gasteiger partial charge in [0.05, 0.1) is 24.4 Å². The van der Waals surface area contributed by atoms with Gasteiger partial charge in [-0.2, -0.15) is 5.10 Å². The molecule has 0 atom stereocenters. The number of anilines is 1. The first kappa shape index (κ1) is 11.6. The Kier molecular flexibility index (Phi) is 2.48. The van der Waals surface area contributed by atoms with E-state index in [2.05, 4.69) is 5.10 Å². The summed E-state index contributed by atoms with van der Waals surface area (Å²) in [6.07, 6.45) is 1.48. The number of benzene rings is 1. The van der Waals surface area contributed by atoms with Gasteiger partial charge in [0.1, 0.15) is 5.82 Å². The Morgan fingerprint density at radius 2 is 2.26 bits per heavy atom. The molecule has 2 N–H and O–H groups in total. The molecule has 0 fully saturated rings. The second kappa shape index (κ2) is 4.04. The third-order valence-corrected chi connectivity index (χ3v) is 3.04. The van der Waals surface area contributed by atoms with Crippen molar-refractivity contribution >= 4 is 5.82 Å². The van der Waals surface area contributed by atoms with Crippen LogP contribution in [0.3, 0.4) is 0 Å². The van der Waals surface area contributed by atoms with E-state index >= 15 is 0 Å². The Hall–Kier alpha value is -2.44. The first-order chi connectivity index (χ1) is 9.13. The Balaban J connectivity index is 2.31. The topological polar surface area (TPSA) is 71.5 Å². The summed E-state index contributed by atoms with van der Waals surface area (Å²) in [4.78, 5) is 0. The lowest BCUT2D eigenvalue weighted by molar-refractivity contribution is 0.174. The molecule has 0 saturated carbocycles. The van der Waals surface area contributed by atoms with Crippen molar-refractivity contribution in [3.8, 4) is 28.4 Å². The highest BCUT2D eigenvalue weighted by Gasteiger charge is 2.28. The van der Waals surface area contributed by atoms with Gasteiger partial charge in [-0.3, -0.25) is 4.68 Å². The van der Waals surface area contributed by atoms with Crippen molar-refractivity contribution in [3.63, 3.8) is 0 Å². The predicted octanol–water partition coefficient (Wildman–Crippen LogP) is 1.55. The van der Waals surface area contributed by atoms with Crippen LogP contribution in [0.1, 0.15) is 0 Å². The third kappa shape index (κ3) is 1.58. The van der Waals surface area contributed by atoms with Gasteiger partial charge in [-0.1, -0.05) is 0 Å². The van der Waals surface area contributed by atoms with Crippen LogP contribution < -0.4 is 19.9 Å². The third-order valence-electron chi connectivity index (χ3n) is 3.04. The minimum Gasteiger partial charge on any atom is -0.494 e. The maximum Gasteiger partial charge on any atom is 0.231 e. The molecule has 0 bridgehead atoms. The minimum absolute atomic E-state index is 0.0368. The lowest BCUT2D eigenvalue weighted by atomic mass is 10.1. The van der Waals surface area contributed by atoms with E-state index in [1.165, 1.54) is 24.1 Å². The Bertz CT molecular complexity index is 653. The number of halogens is 1. The van der Waals surface area contributed by atoms with Gasteiger partial charge in [0, 0.05) is 13.1 Å². The van der Waals surface area contributed by atoms with Crippen LogP contribution >= 0.6 is 0 Å². The van der Waals surface area contributed by atoms with Crippen molar-refractivity contribution in [2.24, 2.45) is 7.05 Å². The van der Waals surface area contributed by atoms with Crippen LogP contribution in [0.4, 0.5) is 10.2 Å². The number of nitrogens with two attached hydrogens (primary N) is 1. The fourth-order valence-corrected chi connectivity index (χ4v) is 2.03. The molecular weight excluding hydrogens is 253 g/mol. The molecule has 0 saturated heterocycles. The van der Waals surface area contributed by atoms with Gasteiger partial charge in [-0.15, -0.1) is 0 Å². The summed E-state index contributed by atoms with van der Waals surface area (Å²) in [5.41, 5.74) is 6.54. The summed E-state index contributed by atoms with van der Waals surface area (Å²) >= 11 is 0. The molecule has 2 heterocycles. The van der Waals surface area contributed by atoms with Gasteiger partial charge >= 0.3 is 0 Å². The largest absolute Gasteiger partial charge is 0.494 e. The standard InChI is InChI=1S/C12H12FN3O3/c1-16-12(14)6(4-15-16)9-10(13)7(17-2)3-8-11(9)19-5-18-8/h3-4H,5,14H2,1-2H3. The first-order valence-electron chi connectivity index (χ1n) is 5.57. The average molecular weight is 265 g/mol. The van der Waals surface area contributed by atoms with E-state index in [9.17, 15) is 4.39 Å². The Morgan fingerprint density at radius 1 is 1.47 bits per heavy atom. The average Bonchev–Trinajstić information content (AvgIpc) is 2.98. The van der Waals surface area contributed by atoms with Gasteiger partial charge in [-0.05, 0) is 0 Å². The molecule has 0 amide bonds. The van der Waals surface area contributed by atoms with E-state index in [0.29, 0.717) is 22.9 Å². The lowest BCUT2D eigenvalue weighted by Crippen LogP contribution is -2.00. The van der Waals surface area contributed by atoms with Gasteiger partial charge in [0.15, 0.2) is 23.1 Å². The molecule has 1 aliphatic heterocycles. The zero-order valence-electron chi connectivity index (χ0n) is 10.4. The van der Waals surface area contributed by atoms with Crippen LogP contribution in [0.15, 0.2) is 12.3 Å². The monoisotopic (exact) mass is 265 g/mol. The molecule has 7 heteroatoms. The van der Waals surface area contributed by atoms with Crippen LogP contribution in [0.25, 0.3) is 11.1 Å². The molecule has 0 radical (unpaired) electrons. The second-order valence-corrected chi connectivity index (χ2v) is 4.07. The van der Waals surface area contributed by atoms with Crippen molar-refractivity contribution in [1.29, 1.82) is 0 Å². The van der Waals surface area contributed by atoms with Crippen LogP contribution in [0.2, 0.25) is 0 Å². The summed E-state index contributed by atoms with van der Waals surface area (Å²) in [7, 11) is 3.06. The number of aryl methyl sites for hydroxylation is 1. The minimum atomic E-state index is -0.550. The molecule has 0 spiro atoms. The molecular formula is C12H12FN3O3. The van der Waals surface area contributed by atoms with E-state index in [1.807, 2.05) is 0 Å². The number of nitrogen functional groups attached to an aromatic ring is 1. The van der Waals surface area contributed by atoms with Crippen LogP contribution in [0, 0.1) is 5.82 Å². The first-order valence-corrected chi connectivity index (χ1v) is 5.57. The fraction of sp³-hybridized carbons (Fsp3) is 0.250. The smallest absolute Gasteiger partial charge is 0.231 e. The van der Waals surface area contributed by atoms with Crippen LogP contribution in [0.5, 0.6) is 17.2 Å². The van der Waals surface area contributed by atoms with E-state index in [0.717, 1.165) is 0 Å². The molecule has 2 aromatic rings. The predicted molar refractivity (Wildman–Crippen MR) is 65.7 cm³/mol. The molecule has 3 rings (SSSR count). The quantitative estimate of drug-likeness (QED) is 0.891. The number of nitrogens with zero attached hydrogens (tertiary/aromatic N) is 2. The van der Waals surface area contributed by atoms with Crippen molar-refractivity contribution in [1.82, 2.24) is 9.78 Å². The molecule has 1 aliphatic rings. The SMILES string of the molecule is COc1cc2c(c(-c3cnn(C)c3N)c1F)OCO2. The molecule has 0 unspecified atom stereocenters. The molecule has 0 aliphatic carbocycles. The number of rotatable bonds is 2. The lowest BCUT2D eigenvalue weighted by Gasteiger charge is -2.10. The Labute approximate surface area is 108 Å². The summed E-state index contributed by atoms with van der Waals surface area (Å²) in [6.45, 7) is 0.0368.